The van der Waals surface area contributed by atoms with Crippen LogP contribution in [0, 0.1) is 5.92 Å². The first-order valence-corrected chi connectivity index (χ1v) is 9.59. The Labute approximate surface area is 159 Å². The van der Waals surface area contributed by atoms with Crippen LogP contribution in [0.15, 0.2) is 30.7 Å². The highest BCUT2D eigenvalue weighted by Crippen LogP contribution is 2.26. The molecule has 3 heterocycles. The van der Waals surface area contributed by atoms with Crippen molar-refractivity contribution < 1.29 is 18.0 Å². The molecule has 1 aliphatic rings. The molecule has 3 rings (SSSR count). The molecule has 1 atom stereocenters. The van der Waals surface area contributed by atoms with Crippen LogP contribution in [0.1, 0.15) is 29.4 Å². The van der Waals surface area contributed by atoms with Gasteiger partial charge >= 0.3 is 6.18 Å². The maximum atomic E-state index is 12.5. The molecule has 0 aliphatic carbocycles. The van der Waals surface area contributed by atoms with Gasteiger partial charge in [0.15, 0.2) is 0 Å². The van der Waals surface area contributed by atoms with Gasteiger partial charge in [0.25, 0.3) is 5.91 Å². The van der Waals surface area contributed by atoms with Gasteiger partial charge in [0.05, 0.1) is 12.7 Å². The summed E-state index contributed by atoms with van der Waals surface area (Å²) in [5, 5.41) is 3.72. The Morgan fingerprint density at radius 2 is 2.00 bits per heavy atom. The highest BCUT2D eigenvalue weighted by atomic mass is 32.1. The Balaban J connectivity index is 1.52. The van der Waals surface area contributed by atoms with E-state index in [9.17, 15) is 18.0 Å². The molecule has 0 saturated carbocycles. The number of hydrogen-bond acceptors (Lipinski definition) is 5. The third-order valence-electron chi connectivity index (χ3n) is 4.76. The molecule has 0 radical (unpaired) electrons. The van der Waals surface area contributed by atoms with Crippen molar-refractivity contribution >= 4 is 17.2 Å². The number of likely N-dealkylation sites (tertiary alicyclic amines) is 1. The third-order valence-corrected chi connectivity index (χ3v) is 5.80. The predicted molar refractivity (Wildman–Crippen MR) is 97.5 cm³/mol. The number of hydrogen-bond donors (Lipinski definition) is 1. The zero-order valence-electron chi connectivity index (χ0n) is 14.9. The Bertz CT molecular complexity index is 757. The first kappa shape index (κ1) is 19.8. The van der Waals surface area contributed by atoms with E-state index in [1.165, 1.54) is 16.2 Å². The Hall–Kier alpha value is -2.00. The molecular formula is C18H21F3N4OS. The minimum absolute atomic E-state index is 0.1000. The van der Waals surface area contributed by atoms with Crippen LogP contribution in [0.3, 0.4) is 0 Å². The van der Waals surface area contributed by atoms with Gasteiger partial charge < -0.3 is 5.32 Å². The lowest BCUT2D eigenvalue weighted by Gasteiger charge is -2.35. The third kappa shape index (κ3) is 5.49. The van der Waals surface area contributed by atoms with E-state index >= 15 is 0 Å². The fourth-order valence-electron chi connectivity index (χ4n) is 3.27. The van der Waals surface area contributed by atoms with E-state index < -0.39 is 12.7 Å². The average Bonchev–Trinajstić information content (AvgIpc) is 3.12. The highest BCUT2D eigenvalue weighted by molar-refractivity contribution is 7.16. The fraction of sp³-hybridized carbons (Fsp3) is 0.500. The monoisotopic (exact) mass is 398 g/mol. The van der Waals surface area contributed by atoms with Gasteiger partial charge in [0.2, 0.25) is 0 Å². The van der Waals surface area contributed by atoms with Gasteiger partial charge in [-0.05, 0) is 50.9 Å². The zero-order chi connectivity index (χ0) is 19.4. The lowest BCUT2D eigenvalue weighted by molar-refractivity contribution is -0.148. The average molecular weight is 398 g/mol. The van der Waals surface area contributed by atoms with Crippen LogP contribution in [0.4, 0.5) is 13.2 Å². The minimum atomic E-state index is -4.16. The quantitative estimate of drug-likeness (QED) is 0.836. The predicted octanol–water partition coefficient (Wildman–Crippen LogP) is 3.60. The number of carbonyl (C=O) groups is 1. The van der Waals surface area contributed by atoms with Crippen LogP contribution in [0.5, 0.6) is 0 Å². The molecule has 0 unspecified atom stereocenters. The second-order valence-electron chi connectivity index (χ2n) is 6.76. The van der Waals surface area contributed by atoms with Gasteiger partial charge in [-0.3, -0.25) is 14.7 Å². The first-order chi connectivity index (χ1) is 12.8. The lowest BCUT2D eigenvalue weighted by atomic mass is 9.90. The van der Waals surface area contributed by atoms with Crippen molar-refractivity contribution in [2.45, 2.75) is 32.0 Å². The van der Waals surface area contributed by atoms with Gasteiger partial charge in [-0.2, -0.15) is 13.2 Å². The van der Waals surface area contributed by atoms with Crippen molar-refractivity contribution in [3.63, 3.8) is 0 Å². The molecule has 1 aliphatic heterocycles. The van der Waals surface area contributed by atoms with Gasteiger partial charge in [0.1, 0.15) is 9.88 Å². The molecular weight excluding hydrogens is 377 g/mol. The normalized spacial score (nSPS) is 17.6. The molecule has 0 bridgehead atoms. The fourth-order valence-corrected chi connectivity index (χ4v) is 4.09. The second-order valence-corrected chi connectivity index (χ2v) is 7.79. The maximum Gasteiger partial charge on any atom is 0.401 e. The number of nitrogens with zero attached hydrogens (tertiary/aromatic N) is 3. The SMILES string of the molecule is C[C@H](NC(=O)c1cnc(-c2ccncc2)s1)C1CCN(CC(F)(F)F)CC1. The summed E-state index contributed by atoms with van der Waals surface area (Å²) in [5.41, 5.74) is 0.902. The van der Waals surface area contributed by atoms with E-state index in [1.54, 1.807) is 18.6 Å². The number of rotatable bonds is 5. The van der Waals surface area contributed by atoms with Crippen molar-refractivity contribution in [1.29, 1.82) is 0 Å². The Morgan fingerprint density at radius 1 is 1.33 bits per heavy atom. The van der Waals surface area contributed by atoms with Gasteiger partial charge in [0, 0.05) is 24.0 Å². The summed E-state index contributed by atoms with van der Waals surface area (Å²) in [6.45, 7) is 1.85. The van der Waals surface area contributed by atoms with Gasteiger partial charge in [-0.1, -0.05) is 0 Å². The highest BCUT2D eigenvalue weighted by Gasteiger charge is 2.33. The summed E-state index contributed by atoms with van der Waals surface area (Å²) in [5.74, 6) is -0.0240. The van der Waals surface area contributed by atoms with Crippen molar-refractivity contribution in [3.8, 4) is 10.6 Å². The van der Waals surface area contributed by atoms with E-state index in [2.05, 4.69) is 15.3 Å². The molecule has 146 valence electrons. The number of thiazole rings is 1. The Kier molecular flexibility index (Phi) is 6.11. The van der Waals surface area contributed by atoms with Gasteiger partial charge in [-0.25, -0.2) is 4.98 Å². The summed E-state index contributed by atoms with van der Waals surface area (Å²) < 4.78 is 37.4. The summed E-state index contributed by atoms with van der Waals surface area (Å²) in [4.78, 5) is 22.7. The van der Waals surface area contributed by atoms with Crippen LogP contribution in [0.25, 0.3) is 10.6 Å². The lowest BCUT2D eigenvalue weighted by Crippen LogP contribution is -2.45. The maximum absolute atomic E-state index is 12.5. The molecule has 1 saturated heterocycles. The van der Waals surface area contributed by atoms with Crippen molar-refractivity contribution in [2.24, 2.45) is 5.92 Å². The van der Waals surface area contributed by atoms with Crippen LogP contribution >= 0.6 is 11.3 Å². The number of pyridine rings is 1. The molecule has 1 fully saturated rings. The molecule has 2 aromatic rings. The molecule has 0 spiro atoms. The van der Waals surface area contributed by atoms with Crippen LogP contribution < -0.4 is 5.32 Å². The van der Waals surface area contributed by atoms with Crippen LogP contribution in [-0.2, 0) is 0 Å². The molecule has 5 nitrogen and oxygen atoms in total. The number of nitrogens with one attached hydrogen (secondary N) is 1. The number of halogens is 3. The van der Waals surface area contributed by atoms with Crippen LogP contribution in [0.2, 0.25) is 0 Å². The number of aromatic nitrogens is 2. The van der Waals surface area contributed by atoms with E-state index in [0.29, 0.717) is 30.8 Å². The van der Waals surface area contributed by atoms with E-state index in [-0.39, 0.29) is 17.9 Å². The molecule has 1 amide bonds. The molecule has 1 N–H and O–H groups in total. The topological polar surface area (TPSA) is 58.1 Å². The van der Waals surface area contributed by atoms with E-state index in [1.807, 2.05) is 19.1 Å². The van der Waals surface area contributed by atoms with E-state index in [0.717, 1.165) is 10.6 Å². The number of amides is 1. The minimum Gasteiger partial charge on any atom is -0.349 e. The van der Waals surface area contributed by atoms with Crippen molar-refractivity contribution in [1.82, 2.24) is 20.2 Å². The molecule has 9 heteroatoms. The first-order valence-electron chi connectivity index (χ1n) is 8.78. The molecule has 0 aromatic carbocycles. The number of carbonyl (C=O) groups excluding carboxylic acids is 1. The Morgan fingerprint density at radius 3 is 2.63 bits per heavy atom. The summed E-state index contributed by atoms with van der Waals surface area (Å²) in [6.07, 6.45) is 2.01. The summed E-state index contributed by atoms with van der Waals surface area (Å²) in [7, 11) is 0. The van der Waals surface area contributed by atoms with Gasteiger partial charge in [-0.15, -0.1) is 11.3 Å². The second kappa shape index (κ2) is 8.35. The summed E-state index contributed by atoms with van der Waals surface area (Å²) >= 11 is 1.31. The van der Waals surface area contributed by atoms with Crippen molar-refractivity contribution in [2.75, 3.05) is 19.6 Å². The molecule has 2 aromatic heterocycles. The molecule has 27 heavy (non-hydrogen) atoms. The largest absolute Gasteiger partial charge is 0.401 e. The number of alkyl halides is 3. The smallest absolute Gasteiger partial charge is 0.349 e. The summed E-state index contributed by atoms with van der Waals surface area (Å²) in [6, 6.07) is 3.56. The zero-order valence-corrected chi connectivity index (χ0v) is 15.7. The number of piperidine rings is 1. The standard InChI is InChI=1S/C18H21F3N4OS/c1-12(13-4-8-25(9-5-13)11-18(19,20)21)24-16(26)15-10-23-17(27-15)14-2-6-22-7-3-14/h2-3,6-7,10,12-13H,4-5,8-9,11H2,1H3,(H,24,26)/t12-/m0/s1. The van der Waals surface area contributed by atoms with Crippen molar-refractivity contribution in [3.05, 3.63) is 35.6 Å². The van der Waals surface area contributed by atoms with E-state index in [4.69, 9.17) is 0 Å². The van der Waals surface area contributed by atoms with Crippen LogP contribution in [-0.4, -0.2) is 52.6 Å².